The molecule has 0 spiro atoms. The van der Waals surface area contributed by atoms with Crippen LogP contribution in [0.4, 0.5) is 0 Å². The van der Waals surface area contributed by atoms with Gasteiger partial charge in [-0.2, -0.15) is 21.1 Å². The molecule has 3 aliphatic rings. The van der Waals surface area contributed by atoms with Crippen LogP contribution in [0.1, 0.15) is 66.2 Å². The molecular formula is C22H40N3O2-3. The second-order valence-corrected chi connectivity index (χ2v) is 10.1. The fraction of sp³-hybridized carbons (Fsp3) is 1.00. The van der Waals surface area contributed by atoms with E-state index < -0.39 is 6.10 Å². The topological polar surface area (TPSA) is 71.8 Å². The number of ether oxygens (including phenoxy) is 1. The maximum atomic E-state index is 11.4. The third-order valence-corrected chi connectivity index (χ3v) is 8.62. The molecule has 2 saturated carbocycles. The van der Waals surface area contributed by atoms with E-state index in [-0.39, 0.29) is 34.7 Å². The van der Waals surface area contributed by atoms with E-state index in [1.165, 1.54) is 0 Å². The molecule has 3 rings (SSSR count). The molecule has 1 N–H and O–H groups in total. The van der Waals surface area contributed by atoms with E-state index in [2.05, 4.69) is 38.3 Å². The van der Waals surface area contributed by atoms with Gasteiger partial charge in [-0.05, 0) is 37.0 Å². The minimum Gasteiger partial charge on any atom is -0.659 e. The molecular weight excluding hydrogens is 338 g/mol. The lowest BCUT2D eigenvalue weighted by atomic mass is 9.53. The zero-order chi connectivity index (χ0) is 20.0. The van der Waals surface area contributed by atoms with Gasteiger partial charge >= 0.3 is 0 Å². The van der Waals surface area contributed by atoms with E-state index in [9.17, 15) is 5.11 Å². The Morgan fingerprint density at radius 1 is 0.926 bits per heavy atom. The van der Waals surface area contributed by atoms with Gasteiger partial charge in [0.15, 0.2) is 0 Å². The first kappa shape index (κ1) is 21.5. The number of hydrogen-bond acceptors (Lipinski definition) is 2. The molecule has 27 heavy (non-hydrogen) atoms. The Balaban J connectivity index is 1.85. The van der Waals surface area contributed by atoms with Crippen molar-refractivity contribution in [3.8, 4) is 0 Å². The molecule has 8 atom stereocenters. The summed E-state index contributed by atoms with van der Waals surface area (Å²) in [6.45, 7) is 8.74. The fourth-order valence-electron chi connectivity index (χ4n) is 6.11. The number of likely N-dealkylation sites (N-methyl/N-ethyl adjacent to an activating group) is 2. The van der Waals surface area contributed by atoms with Crippen LogP contribution < -0.4 is 0 Å². The molecule has 1 heterocycles. The number of fused-ring (bicyclic) bond motifs is 1. The van der Waals surface area contributed by atoms with Crippen molar-refractivity contribution in [3.05, 3.63) is 16.0 Å². The maximum absolute atomic E-state index is 11.4. The molecule has 0 bridgehead atoms. The summed E-state index contributed by atoms with van der Waals surface area (Å²) in [6.07, 6.45) is 6.32. The zero-order valence-corrected chi connectivity index (χ0v) is 18.4. The van der Waals surface area contributed by atoms with Crippen molar-refractivity contribution >= 4 is 0 Å². The lowest BCUT2D eigenvalue weighted by Gasteiger charge is -2.66. The van der Waals surface area contributed by atoms with Gasteiger partial charge in [0.05, 0.1) is 6.10 Å². The van der Waals surface area contributed by atoms with Gasteiger partial charge in [-0.1, -0.05) is 52.5 Å². The van der Waals surface area contributed by atoms with Gasteiger partial charge < -0.3 is 25.8 Å². The normalized spacial score (nSPS) is 48.4. The molecule has 1 saturated heterocycles. The third kappa shape index (κ3) is 3.59. The van der Waals surface area contributed by atoms with Gasteiger partial charge in [0, 0.05) is 12.2 Å². The van der Waals surface area contributed by atoms with Crippen molar-refractivity contribution in [1.29, 1.82) is 0 Å². The predicted molar refractivity (Wildman–Crippen MR) is 112 cm³/mol. The molecule has 2 aliphatic carbocycles. The van der Waals surface area contributed by atoms with Crippen LogP contribution in [0, 0.1) is 17.8 Å². The standard InChI is InChI=1S/C22H40N3O2/c1-20(2,23-5)17-9-8-16(27-17)14-10-12-21(3,24-6)15-11-13-22(4,25-7)19(26)18(14)15/h14-19,26H,8-13H2,1-7H3/q-3. The number of aliphatic hydroxyl groups is 1. The first-order chi connectivity index (χ1) is 12.6. The Hall–Kier alpha value is -0.200. The number of aliphatic hydroxyl groups excluding tert-OH is 1. The van der Waals surface area contributed by atoms with E-state index in [0.717, 1.165) is 38.5 Å². The molecule has 158 valence electrons. The summed E-state index contributed by atoms with van der Waals surface area (Å²) in [7, 11) is 5.70. The summed E-state index contributed by atoms with van der Waals surface area (Å²) < 4.78 is 6.59. The molecule has 3 fully saturated rings. The molecule has 0 amide bonds. The highest BCUT2D eigenvalue weighted by molar-refractivity contribution is 5.20. The smallest absolute Gasteiger partial charge is 0.0611 e. The Labute approximate surface area is 166 Å². The van der Waals surface area contributed by atoms with Crippen molar-refractivity contribution in [1.82, 2.24) is 0 Å². The molecule has 5 nitrogen and oxygen atoms in total. The van der Waals surface area contributed by atoms with Crippen LogP contribution in [0.3, 0.4) is 0 Å². The monoisotopic (exact) mass is 378 g/mol. The molecule has 1 aliphatic heterocycles. The van der Waals surface area contributed by atoms with Crippen molar-refractivity contribution in [3.63, 3.8) is 0 Å². The first-order valence-electron chi connectivity index (χ1n) is 10.8. The Bertz CT molecular complexity index is 528. The van der Waals surface area contributed by atoms with Crippen molar-refractivity contribution < 1.29 is 9.84 Å². The van der Waals surface area contributed by atoms with Crippen LogP contribution >= 0.6 is 0 Å². The largest absolute Gasteiger partial charge is 0.659 e. The number of nitrogens with zero attached hydrogens (tertiary/aromatic N) is 3. The van der Waals surface area contributed by atoms with E-state index in [4.69, 9.17) is 10.1 Å². The van der Waals surface area contributed by atoms with Crippen LogP contribution in [0.25, 0.3) is 16.0 Å². The van der Waals surface area contributed by atoms with Gasteiger partial charge in [0.1, 0.15) is 0 Å². The second-order valence-electron chi connectivity index (χ2n) is 10.1. The first-order valence-corrected chi connectivity index (χ1v) is 10.8. The van der Waals surface area contributed by atoms with E-state index >= 15 is 0 Å². The lowest BCUT2D eigenvalue weighted by Crippen LogP contribution is -2.61. The highest BCUT2D eigenvalue weighted by Gasteiger charge is 2.53. The minimum atomic E-state index is -0.417. The van der Waals surface area contributed by atoms with Crippen molar-refractivity contribution in [2.24, 2.45) is 17.8 Å². The van der Waals surface area contributed by atoms with Crippen LogP contribution in [-0.2, 0) is 4.74 Å². The molecule has 5 heteroatoms. The van der Waals surface area contributed by atoms with Crippen LogP contribution in [0.5, 0.6) is 0 Å². The third-order valence-electron chi connectivity index (χ3n) is 8.62. The summed E-state index contributed by atoms with van der Waals surface area (Å²) in [5, 5.41) is 25.4. The Morgan fingerprint density at radius 3 is 2.15 bits per heavy atom. The number of rotatable bonds is 5. The number of hydrogen-bond donors (Lipinski definition) is 1. The van der Waals surface area contributed by atoms with Gasteiger partial charge in [-0.25, -0.2) is 0 Å². The van der Waals surface area contributed by atoms with E-state index in [1.807, 2.05) is 21.1 Å². The highest BCUT2D eigenvalue weighted by atomic mass is 16.5. The summed E-state index contributed by atoms with van der Waals surface area (Å²) >= 11 is 0. The predicted octanol–water partition coefficient (Wildman–Crippen LogP) is 4.64. The highest BCUT2D eigenvalue weighted by Crippen LogP contribution is 2.57. The average molecular weight is 379 g/mol. The van der Waals surface area contributed by atoms with Crippen LogP contribution in [0.2, 0.25) is 0 Å². The van der Waals surface area contributed by atoms with Gasteiger partial charge in [0.25, 0.3) is 0 Å². The van der Waals surface area contributed by atoms with E-state index in [1.54, 1.807) is 0 Å². The fourth-order valence-corrected chi connectivity index (χ4v) is 6.11. The zero-order valence-electron chi connectivity index (χ0n) is 18.4. The molecule has 8 unspecified atom stereocenters. The molecule has 0 aromatic rings. The van der Waals surface area contributed by atoms with Gasteiger partial charge in [0.2, 0.25) is 0 Å². The average Bonchev–Trinajstić information content (AvgIpc) is 3.16. The van der Waals surface area contributed by atoms with E-state index in [0.29, 0.717) is 11.8 Å². The van der Waals surface area contributed by atoms with Gasteiger partial charge in [-0.3, -0.25) is 0 Å². The molecule has 0 radical (unpaired) electrons. The summed E-state index contributed by atoms with van der Waals surface area (Å²) in [5.41, 5.74) is -0.525. The van der Waals surface area contributed by atoms with Crippen LogP contribution in [0.15, 0.2) is 0 Å². The summed E-state index contributed by atoms with van der Waals surface area (Å²) in [5.74, 6) is 1.01. The summed E-state index contributed by atoms with van der Waals surface area (Å²) in [4.78, 5) is 0. The second kappa shape index (κ2) is 7.56. The Kier molecular flexibility index (Phi) is 6.03. The quantitative estimate of drug-likeness (QED) is 0.757. The van der Waals surface area contributed by atoms with Crippen molar-refractivity contribution in [2.75, 3.05) is 21.1 Å². The SMILES string of the molecule is C[N-]C(C)(C)C1CCC(C2CCC(C)([N-]C)C3CCC(C)([N-]C)C(O)C23)O1. The molecule has 0 aromatic carbocycles. The minimum absolute atomic E-state index is 0.0345. The van der Waals surface area contributed by atoms with Crippen LogP contribution in [-0.4, -0.2) is 61.2 Å². The van der Waals surface area contributed by atoms with Gasteiger partial charge in [-0.15, -0.1) is 11.1 Å². The summed E-state index contributed by atoms with van der Waals surface area (Å²) in [6, 6.07) is 0. The lowest BCUT2D eigenvalue weighted by molar-refractivity contribution is -0.120. The molecule has 0 aromatic heterocycles. The Morgan fingerprint density at radius 2 is 1.56 bits per heavy atom. The van der Waals surface area contributed by atoms with Crippen molar-refractivity contribution in [2.45, 2.75) is 101 Å². The maximum Gasteiger partial charge on any atom is 0.0611 e.